The second-order valence-corrected chi connectivity index (χ2v) is 14.6. The van der Waals surface area contributed by atoms with Crippen LogP contribution in [0, 0.1) is 0 Å². The summed E-state index contributed by atoms with van der Waals surface area (Å²) in [4.78, 5) is 0. The highest BCUT2D eigenvalue weighted by molar-refractivity contribution is 7.10. The third-order valence-corrected chi connectivity index (χ3v) is 12.5. The summed E-state index contributed by atoms with van der Waals surface area (Å²) in [6.07, 6.45) is 8.45. The summed E-state index contributed by atoms with van der Waals surface area (Å²) < 4.78 is 21.6. The molecule has 5 aromatic rings. The van der Waals surface area contributed by atoms with E-state index in [0.29, 0.717) is 0 Å². The molecule has 0 saturated carbocycles. The monoisotopic (exact) mass is 598 g/mol. The van der Waals surface area contributed by atoms with E-state index in [1.54, 1.807) is 28.4 Å². The minimum Gasteiger partial charge on any atom is -0.493 e. The highest BCUT2D eigenvalue weighted by Crippen LogP contribution is 2.29. The van der Waals surface area contributed by atoms with E-state index >= 15 is 0 Å². The van der Waals surface area contributed by atoms with Gasteiger partial charge in [-0.3, -0.25) is 0 Å². The van der Waals surface area contributed by atoms with Crippen LogP contribution in [0.5, 0.6) is 23.0 Å². The molecule has 0 radical (unpaired) electrons. The van der Waals surface area contributed by atoms with E-state index in [0.717, 1.165) is 45.3 Å². The van der Waals surface area contributed by atoms with Gasteiger partial charge in [0.15, 0.2) is 23.0 Å². The fourth-order valence-corrected chi connectivity index (χ4v) is 8.95. The molecule has 0 atom stereocenters. The van der Waals surface area contributed by atoms with Crippen LogP contribution < -0.4 is 34.5 Å². The predicted molar refractivity (Wildman–Crippen MR) is 187 cm³/mol. The summed E-state index contributed by atoms with van der Waals surface area (Å²) in [5, 5.41) is 4.10. The summed E-state index contributed by atoms with van der Waals surface area (Å²) in [5.74, 6) is 2.89. The Kier molecular flexibility index (Phi) is 9.68. The maximum atomic E-state index is 5.46. The first-order chi connectivity index (χ1) is 21.5. The molecule has 5 heteroatoms. The standard InChI is InChI=1S/C39H38O4Si/c1-40-36-25-19-31(27-38(36)42-3)13-11-29-15-21-34(22-16-29)44(5,33-9-7-6-8-10-33)35-23-17-30(18-24-35)12-14-32-20-26-37(41-2)39(28-32)43-4/h6-28H,1-5H3. The van der Waals surface area contributed by atoms with Gasteiger partial charge in [-0.25, -0.2) is 0 Å². The molecule has 0 heterocycles. The number of ether oxygens (including phenoxy) is 4. The fraction of sp³-hybridized carbons (Fsp3) is 0.128. The molecular formula is C39H38O4Si. The Bertz CT molecular complexity index is 1630. The van der Waals surface area contributed by atoms with E-state index < -0.39 is 8.07 Å². The Labute approximate surface area is 261 Å². The third-order valence-electron chi connectivity index (χ3n) is 8.08. The van der Waals surface area contributed by atoms with Gasteiger partial charge >= 0.3 is 0 Å². The van der Waals surface area contributed by atoms with Gasteiger partial charge in [-0.05, 0) is 62.1 Å². The molecule has 0 unspecified atom stereocenters. The van der Waals surface area contributed by atoms with Crippen LogP contribution in [0.4, 0.5) is 0 Å². The number of hydrogen-bond acceptors (Lipinski definition) is 4. The van der Waals surface area contributed by atoms with Crippen LogP contribution in [0.25, 0.3) is 24.3 Å². The van der Waals surface area contributed by atoms with Gasteiger partial charge in [0.05, 0.1) is 28.4 Å². The van der Waals surface area contributed by atoms with Crippen molar-refractivity contribution < 1.29 is 18.9 Å². The molecule has 0 saturated heterocycles. The lowest BCUT2D eigenvalue weighted by molar-refractivity contribution is 0.355. The van der Waals surface area contributed by atoms with Crippen molar-refractivity contribution in [1.82, 2.24) is 0 Å². The van der Waals surface area contributed by atoms with E-state index in [9.17, 15) is 0 Å². The normalized spacial score (nSPS) is 12.7. The molecular weight excluding hydrogens is 561 g/mol. The fourth-order valence-electron chi connectivity index (χ4n) is 5.42. The third kappa shape index (κ3) is 6.64. The Balaban J connectivity index is 1.41. The average molecular weight is 599 g/mol. The largest absolute Gasteiger partial charge is 0.493 e. The van der Waals surface area contributed by atoms with Crippen molar-refractivity contribution in [3.63, 3.8) is 0 Å². The lowest BCUT2D eigenvalue weighted by Crippen LogP contribution is -2.64. The van der Waals surface area contributed by atoms with E-state index in [-0.39, 0.29) is 0 Å². The highest BCUT2D eigenvalue weighted by Gasteiger charge is 2.33. The van der Waals surface area contributed by atoms with Gasteiger partial charge in [-0.2, -0.15) is 0 Å². The number of benzene rings is 5. The molecule has 5 aromatic carbocycles. The summed E-state index contributed by atoms with van der Waals surface area (Å²) in [6, 6.07) is 40.8. The molecule has 0 aliphatic heterocycles. The lowest BCUT2D eigenvalue weighted by atomic mass is 10.1. The van der Waals surface area contributed by atoms with E-state index in [4.69, 9.17) is 18.9 Å². The van der Waals surface area contributed by atoms with Crippen molar-refractivity contribution >= 4 is 47.9 Å². The first kappa shape index (κ1) is 30.5. The zero-order valence-corrected chi connectivity index (χ0v) is 26.9. The van der Waals surface area contributed by atoms with E-state index in [2.05, 4.69) is 110 Å². The minimum atomic E-state index is -2.25. The topological polar surface area (TPSA) is 36.9 Å². The van der Waals surface area contributed by atoms with Crippen molar-refractivity contribution in [3.8, 4) is 23.0 Å². The maximum absolute atomic E-state index is 5.46. The maximum Gasteiger partial charge on any atom is 0.161 e. The van der Waals surface area contributed by atoms with Gasteiger partial charge < -0.3 is 18.9 Å². The molecule has 0 N–H and O–H groups in total. The average Bonchev–Trinajstić information content (AvgIpc) is 3.10. The second-order valence-electron chi connectivity index (χ2n) is 10.6. The van der Waals surface area contributed by atoms with Crippen LogP contribution in [0.3, 0.4) is 0 Å². The Hall–Kier alpha value is -5.00. The molecule has 0 aliphatic carbocycles. The SMILES string of the molecule is COc1ccc(C=Cc2ccc([Si](C)(c3ccccc3)c3ccc(C=Cc4ccc(OC)c(OC)c4)cc3)cc2)cc1OC. The smallest absolute Gasteiger partial charge is 0.161 e. The van der Waals surface area contributed by atoms with Crippen molar-refractivity contribution in [2.24, 2.45) is 0 Å². The zero-order valence-electron chi connectivity index (χ0n) is 25.9. The van der Waals surface area contributed by atoms with Gasteiger partial charge in [-0.1, -0.05) is 122 Å². The number of hydrogen-bond donors (Lipinski definition) is 0. The Morgan fingerprint density at radius 2 is 0.727 bits per heavy atom. The summed E-state index contributed by atoms with van der Waals surface area (Å²) in [7, 11) is 4.35. The van der Waals surface area contributed by atoms with Crippen LogP contribution >= 0.6 is 0 Å². The Morgan fingerprint density at radius 3 is 1.11 bits per heavy atom. The van der Waals surface area contributed by atoms with Crippen LogP contribution in [-0.4, -0.2) is 36.5 Å². The number of methoxy groups -OCH3 is 4. The van der Waals surface area contributed by atoms with Crippen LogP contribution in [0.2, 0.25) is 6.55 Å². The van der Waals surface area contributed by atoms with Gasteiger partial charge in [-0.15, -0.1) is 0 Å². The van der Waals surface area contributed by atoms with Crippen LogP contribution in [0.1, 0.15) is 22.3 Å². The van der Waals surface area contributed by atoms with Crippen molar-refractivity contribution in [1.29, 1.82) is 0 Å². The quantitative estimate of drug-likeness (QED) is 0.0919. The molecule has 222 valence electrons. The second kappa shape index (κ2) is 14.0. The molecule has 44 heavy (non-hydrogen) atoms. The predicted octanol–water partition coefficient (Wildman–Crippen LogP) is 7.16. The van der Waals surface area contributed by atoms with Crippen molar-refractivity contribution in [3.05, 3.63) is 138 Å². The minimum absolute atomic E-state index is 0.720. The summed E-state index contributed by atoms with van der Waals surface area (Å²) >= 11 is 0. The van der Waals surface area contributed by atoms with Crippen LogP contribution in [-0.2, 0) is 0 Å². The van der Waals surface area contributed by atoms with E-state index in [1.165, 1.54) is 15.6 Å². The molecule has 0 aliphatic rings. The molecule has 0 amide bonds. The lowest BCUT2D eigenvalue weighted by Gasteiger charge is -2.29. The molecule has 0 spiro atoms. The summed E-state index contributed by atoms with van der Waals surface area (Å²) in [6.45, 7) is 2.44. The first-order valence-electron chi connectivity index (χ1n) is 14.6. The van der Waals surface area contributed by atoms with E-state index in [1.807, 2.05) is 36.4 Å². The van der Waals surface area contributed by atoms with Crippen molar-refractivity contribution in [2.45, 2.75) is 6.55 Å². The zero-order chi connectivity index (χ0) is 30.9. The molecule has 0 aromatic heterocycles. The highest BCUT2D eigenvalue weighted by atomic mass is 28.3. The molecule has 0 bridgehead atoms. The van der Waals surface area contributed by atoms with Crippen LogP contribution in [0.15, 0.2) is 115 Å². The van der Waals surface area contributed by atoms with Gasteiger partial charge in [0.2, 0.25) is 0 Å². The first-order valence-corrected chi connectivity index (χ1v) is 17.1. The molecule has 5 rings (SSSR count). The number of rotatable bonds is 11. The Morgan fingerprint density at radius 1 is 0.386 bits per heavy atom. The van der Waals surface area contributed by atoms with Crippen molar-refractivity contribution in [2.75, 3.05) is 28.4 Å². The molecule has 4 nitrogen and oxygen atoms in total. The molecule has 0 fully saturated rings. The van der Waals surface area contributed by atoms with Gasteiger partial charge in [0.25, 0.3) is 0 Å². The summed E-state index contributed by atoms with van der Waals surface area (Å²) in [5.41, 5.74) is 4.39. The van der Waals surface area contributed by atoms with Gasteiger partial charge in [0, 0.05) is 0 Å². The van der Waals surface area contributed by atoms with Gasteiger partial charge in [0.1, 0.15) is 8.07 Å².